The van der Waals surface area contributed by atoms with Gasteiger partial charge in [-0.25, -0.2) is 5.01 Å². The Morgan fingerprint density at radius 2 is 2.00 bits per heavy atom. The fraction of sp³-hybridized carbons (Fsp3) is 1.00. The normalized spacial score (nSPS) is 10.8. The standard InChI is InChI=1S/C7H18N2O/c1-2-3-4-5-9(8)6-7-10/h10H,2-8H2,1H3. The number of hydrogen-bond acceptors (Lipinski definition) is 3. The fourth-order valence-corrected chi connectivity index (χ4v) is 0.805. The molecule has 0 aliphatic heterocycles. The number of rotatable bonds is 6. The van der Waals surface area contributed by atoms with Crippen molar-refractivity contribution in [3.8, 4) is 0 Å². The minimum atomic E-state index is 0.155. The van der Waals surface area contributed by atoms with Crippen molar-refractivity contribution in [2.45, 2.75) is 26.2 Å². The third-order valence-corrected chi connectivity index (χ3v) is 1.44. The molecule has 0 aliphatic carbocycles. The van der Waals surface area contributed by atoms with Gasteiger partial charge in [0.1, 0.15) is 0 Å². The minimum Gasteiger partial charge on any atom is -0.395 e. The molecule has 0 amide bonds. The molecule has 0 atom stereocenters. The lowest BCUT2D eigenvalue weighted by atomic mass is 10.2. The molecule has 0 saturated heterocycles. The molecule has 0 aromatic heterocycles. The van der Waals surface area contributed by atoms with Crippen molar-refractivity contribution in [2.75, 3.05) is 19.7 Å². The minimum absolute atomic E-state index is 0.155. The van der Waals surface area contributed by atoms with Gasteiger partial charge < -0.3 is 5.11 Å². The number of nitrogens with two attached hydrogens (primary N) is 1. The van der Waals surface area contributed by atoms with E-state index >= 15 is 0 Å². The second-order valence-corrected chi connectivity index (χ2v) is 2.47. The fourth-order valence-electron chi connectivity index (χ4n) is 0.805. The van der Waals surface area contributed by atoms with Crippen LogP contribution in [0.5, 0.6) is 0 Å². The van der Waals surface area contributed by atoms with Gasteiger partial charge in [-0.3, -0.25) is 5.84 Å². The Bertz CT molecular complexity index is 68.6. The molecule has 0 saturated carbocycles. The Hall–Kier alpha value is -0.120. The molecule has 0 bridgehead atoms. The van der Waals surface area contributed by atoms with Gasteiger partial charge in [0.15, 0.2) is 0 Å². The molecule has 0 radical (unpaired) electrons. The van der Waals surface area contributed by atoms with E-state index in [-0.39, 0.29) is 6.61 Å². The van der Waals surface area contributed by atoms with Gasteiger partial charge in [0.05, 0.1) is 6.61 Å². The van der Waals surface area contributed by atoms with Crippen LogP contribution in [0.15, 0.2) is 0 Å². The van der Waals surface area contributed by atoms with Crippen LogP contribution >= 0.6 is 0 Å². The summed E-state index contributed by atoms with van der Waals surface area (Å²) in [5.41, 5.74) is 0. The molecule has 3 N–H and O–H groups in total. The number of aliphatic hydroxyl groups is 1. The SMILES string of the molecule is CCCCCN(N)CCO. The van der Waals surface area contributed by atoms with Gasteiger partial charge in [0, 0.05) is 13.1 Å². The lowest BCUT2D eigenvalue weighted by Crippen LogP contribution is -2.34. The van der Waals surface area contributed by atoms with E-state index in [4.69, 9.17) is 10.9 Å². The predicted octanol–water partition coefficient (Wildman–Crippen LogP) is 0.345. The third-order valence-electron chi connectivity index (χ3n) is 1.44. The molecule has 0 spiro atoms. The molecule has 0 aromatic carbocycles. The van der Waals surface area contributed by atoms with Crippen molar-refractivity contribution in [1.29, 1.82) is 0 Å². The van der Waals surface area contributed by atoms with E-state index in [2.05, 4.69) is 6.92 Å². The molecule has 3 heteroatoms. The van der Waals surface area contributed by atoms with Crippen molar-refractivity contribution >= 4 is 0 Å². The van der Waals surface area contributed by atoms with Gasteiger partial charge in [0.2, 0.25) is 0 Å². The number of nitrogens with zero attached hydrogens (tertiary/aromatic N) is 1. The second kappa shape index (κ2) is 6.99. The average molecular weight is 146 g/mol. The molecular formula is C7H18N2O. The quantitative estimate of drug-likeness (QED) is 0.323. The zero-order chi connectivity index (χ0) is 7.82. The Balaban J connectivity index is 2.97. The lowest BCUT2D eigenvalue weighted by molar-refractivity contribution is 0.196. The average Bonchev–Trinajstić information content (AvgIpc) is 1.89. The van der Waals surface area contributed by atoms with Gasteiger partial charge in [-0.1, -0.05) is 19.8 Å². The lowest BCUT2D eigenvalue weighted by Gasteiger charge is -2.13. The molecule has 0 heterocycles. The zero-order valence-electron chi connectivity index (χ0n) is 6.71. The van der Waals surface area contributed by atoms with Gasteiger partial charge in [-0.2, -0.15) is 0 Å². The summed E-state index contributed by atoms with van der Waals surface area (Å²) in [5.74, 6) is 5.50. The van der Waals surface area contributed by atoms with E-state index in [1.807, 2.05) is 0 Å². The number of hydrogen-bond donors (Lipinski definition) is 2. The molecule has 62 valence electrons. The number of aliphatic hydroxyl groups excluding tert-OH is 1. The maximum Gasteiger partial charge on any atom is 0.0572 e. The molecule has 0 unspecified atom stereocenters. The topological polar surface area (TPSA) is 49.5 Å². The van der Waals surface area contributed by atoms with Crippen molar-refractivity contribution in [3.63, 3.8) is 0 Å². The first-order chi connectivity index (χ1) is 4.81. The summed E-state index contributed by atoms with van der Waals surface area (Å²) in [5, 5.41) is 10.1. The highest BCUT2D eigenvalue weighted by atomic mass is 16.3. The van der Waals surface area contributed by atoms with Crippen LogP contribution in [0.3, 0.4) is 0 Å². The maximum absolute atomic E-state index is 8.47. The molecule has 0 aliphatic rings. The smallest absolute Gasteiger partial charge is 0.0572 e. The predicted molar refractivity (Wildman–Crippen MR) is 42.4 cm³/mol. The second-order valence-electron chi connectivity index (χ2n) is 2.47. The number of hydrazine groups is 1. The van der Waals surface area contributed by atoms with Gasteiger partial charge in [-0.05, 0) is 6.42 Å². The van der Waals surface area contributed by atoms with Crippen molar-refractivity contribution in [3.05, 3.63) is 0 Å². The summed E-state index contributed by atoms with van der Waals surface area (Å²) in [7, 11) is 0. The molecule has 3 nitrogen and oxygen atoms in total. The first kappa shape index (κ1) is 9.88. The summed E-state index contributed by atoms with van der Waals surface area (Å²) < 4.78 is 0. The summed E-state index contributed by atoms with van der Waals surface area (Å²) >= 11 is 0. The van der Waals surface area contributed by atoms with Crippen LogP contribution in [-0.4, -0.2) is 29.8 Å². The molecule has 0 aromatic rings. The first-order valence-electron chi connectivity index (χ1n) is 3.91. The van der Waals surface area contributed by atoms with E-state index < -0.39 is 0 Å². The van der Waals surface area contributed by atoms with E-state index in [0.29, 0.717) is 6.54 Å². The maximum atomic E-state index is 8.47. The van der Waals surface area contributed by atoms with E-state index in [9.17, 15) is 0 Å². The largest absolute Gasteiger partial charge is 0.395 e. The van der Waals surface area contributed by atoms with Crippen LogP contribution in [0.4, 0.5) is 0 Å². The summed E-state index contributed by atoms with van der Waals surface area (Å²) in [4.78, 5) is 0. The highest BCUT2D eigenvalue weighted by molar-refractivity contribution is 4.47. The number of unbranched alkanes of at least 4 members (excludes halogenated alkanes) is 2. The molecule has 0 fully saturated rings. The van der Waals surface area contributed by atoms with Crippen LogP contribution in [0.2, 0.25) is 0 Å². The molecule has 10 heavy (non-hydrogen) atoms. The Kier molecular flexibility index (Phi) is 6.91. The van der Waals surface area contributed by atoms with Crippen LogP contribution < -0.4 is 5.84 Å². The van der Waals surface area contributed by atoms with E-state index in [1.54, 1.807) is 5.01 Å². The van der Waals surface area contributed by atoms with E-state index in [1.165, 1.54) is 12.8 Å². The summed E-state index contributed by atoms with van der Waals surface area (Å²) in [6.45, 7) is 3.80. The highest BCUT2D eigenvalue weighted by Gasteiger charge is 1.94. The van der Waals surface area contributed by atoms with Crippen molar-refractivity contribution in [1.82, 2.24) is 5.01 Å². The van der Waals surface area contributed by atoms with Crippen molar-refractivity contribution < 1.29 is 5.11 Å². The van der Waals surface area contributed by atoms with Gasteiger partial charge in [0.25, 0.3) is 0 Å². The summed E-state index contributed by atoms with van der Waals surface area (Å²) in [6, 6.07) is 0. The van der Waals surface area contributed by atoms with E-state index in [0.717, 1.165) is 13.0 Å². The molecule has 0 rings (SSSR count). The van der Waals surface area contributed by atoms with Crippen LogP contribution in [0, 0.1) is 0 Å². The van der Waals surface area contributed by atoms with Crippen molar-refractivity contribution in [2.24, 2.45) is 5.84 Å². The first-order valence-corrected chi connectivity index (χ1v) is 3.91. The summed E-state index contributed by atoms with van der Waals surface area (Å²) in [6.07, 6.45) is 3.57. The molecular weight excluding hydrogens is 128 g/mol. The Morgan fingerprint density at radius 1 is 1.30 bits per heavy atom. The van der Waals surface area contributed by atoms with Gasteiger partial charge in [-0.15, -0.1) is 0 Å². The monoisotopic (exact) mass is 146 g/mol. The Morgan fingerprint density at radius 3 is 2.50 bits per heavy atom. The van der Waals surface area contributed by atoms with Crippen LogP contribution in [0.25, 0.3) is 0 Å². The third kappa shape index (κ3) is 6.01. The van der Waals surface area contributed by atoms with Crippen LogP contribution in [0.1, 0.15) is 26.2 Å². The van der Waals surface area contributed by atoms with Gasteiger partial charge >= 0.3 is 0 Å². The highest BCUT2D eigenvalue weighted by Crippen LogP contribution is 1.93. The zero-order valence-corrected chi connectivity index (χ0v) is 6.71. The Labute approximate surface area is 62.8 Å². The van der Waals surface area contributed by atoms with Crippen LogP contribution in [-0.2, 0) is 0 Å².